The van der Waals surface area contributed by atoms with Crippen molar-refractivity contribution in [1.82, 2.24) is 0 Å². The Labute approximate surface area is 331 Å². The van der Waals surface area contributed by atoms with Gasteiger partial charge in [-0.15, -0.1) is 0 Å². The topological polar surface area (TPSA) is 110 Å². The monoisotopic (exact) mass is 808 g/mol. The zero-order valence-corrected chi connectivity index (χ0v) is 40.6. The summed E-state index contributed by atoms with van der Waals surface area (Å²) in [6.45, 7) is 42.8. The molecule has 2 heterocycles. The number of aliphatic hydroxyl groups is 1. The number of benzene rings is 1. The van der Waals surface area contributed by atoms with E-state index in [0.29, 0.717) is 30.6 Å². The Morgan fingerprint density at radius 2 is 1.41 bits per heavy atom. The van der Waals surface area contributed by atoms with Crippen LogP contribution < -0.4 is 8.85 Å². The van der Waals surface area contributed by atoms with Gasteiger partial charge in [0.15, 0.2) is 8.32 Å². The number of hydrogen-bond acceptors (Lipinski definition) is 9. The third kappa shape index (κ3) is 10.0. The molecule has 3 rings (SSSR count). The molecule has 0 saturated carbocycles. The van der Waals surface area contributed by atoms with Crippen molar-refractivity contribution in [1.29, 1.82) is 0 Å². The Kier molecular flexibility index (Phi) is 13.8. The fourth-order valence-corrected chi connectivity index (χ4v) is 10.0. The Bertz CT molecular complexity index is 1510. The van der Waals surface area contributed by atoms with Crippen molar-refractivity contribution in [2.45, 2.75) is 201 Å². The molecule has 0 unspecified atom stereocenters. The quantitative estimate of drug-likeness (QED) is 0.163. The molecule has 1 aromatic carbocycles. The second-order valence-corrected chi connectivity index (χ2v) is 35.5. The summed E-state index contributed by atoms with van der Waals surface area (Å²) in [6.07, 6.45) is -0.787. The minimum atomic E-state index is -2.37. The highest BCUT2D eigenvalue weighted by atomic mass is 28.4. The molecule has 54 heavy (non-hydrogen) atoms. The van der Waals surface area contributed by atoms with Crippen LogP contribution in [-0.2, 0) is 29.9 Å². The second kappa shape index (κ2) is 15.9. The highest BCUT2D eigenvalue weighted by molar-refractivity contribution is 6.75. The molecule has 0 amide bonds. The Hall–Kier alpha value is -1.71. The smallest absolute Gasteiger partial charge is 0.342 e. The van der Waals surface area contributed by atoms with Crippen molar-refractivity contribution in [2.75, 3.05) is 6.61 Å². The summed E-state index contributed by atoms with van der Waals surface area (Å²) in [5.74, 6) is 0.341. The summed E-state index contributed by atoms with van der Waals surface area (Å²) < 4.78 is 40.1. The average Bonchev–Trinajstić information content (AvgIpc) is 2.98. The van der Waals surface area contributed by atoms with Gasteiger partial charge in [0.2, 0.25) is 8.32 Å². The summed E-state index contributed by atoms with van der Waals surface area (Å²) in [7, 11) is -6.99. The molecule has 6 atom stereocenters. The van der Waals surface area contributed by atoms with E-state index < -0.39 is 54.8 Å². The van der Waals surface area contributed by atoms with Crippen molar-refractivity contribution in [3.05, 3.63) is 22.8 Å². The SMILES string of the molecule is CC(=O)O[C@@H]1C[C@@H](CO)O[C@H](C[C@H](O[Si](C)(C)C(C)(C)C)[C@@H](C)[C@H]2Cc3c(C)c(O[Si](C)(C)C(C)(C)C)cc(O[Si](C)(C)C(C)(C)C)c3C(=O)O2)C1(C)C. The predicted molar refractivity (Wildman–Crippen MR) is 225 cm³/mol. The molecule has 9 nitrogen and oxygen atoms in total. The highest BCUT2D eigenvalue weighted by Crippen LogP contribution is 2.48. The van der Waals surface area contributed by atoms with Gasteiger partial charge < -0.3 is 32.6 Å². The molecule has 0 radical (unpaired) electrons. The van der Waals surface area contributed by atoms with E-state index in [0.717, 1.165) is 16.9 Å². The summed E-state index contributed by atoms with van der Waals surface area (Å²) in [5, 5.41) is 10.0. The second-order valence-electron chi connectivity index (χ2n) is 21.3. The Morgan fingerprint density at radius 1 is 0.907 bits per heavy atom. The maximum Gasteiger partial charge on any atom is 0.342 e. The molecule has 0 bridgehead atoms. The minimum absolute atomic E-state index is 0.0292. The van der Waals surface area contributed by atoms with Crippen LogP contribution in [-0.4, -0.2) is 79.1 Å². The van der Waals surface area contributed by atoms with Crippen LogP contribution in [0.2, 0.25) is 54.4 Å². The van der Waals surface area contributed by atoms with E-state index in [1.165, 1.54) is 6.92 Å². The van der Waals surface area contributed by atoms with Crippen molar-refractivity contribution >= 4 is 36.9 Å². The van der Waals surface area contributed by atoms with E-state index in [1.807, 2.05) is 6.07 Å². The molecule has 1 N–H and O–H groups in total. The number of esters is 2. The lowest BCUT2D eigenvalue weighted by Gasteiger charge is -2.49. The van der Waals surface area contributed by atoms with Crippen LogP contribution in [0.4, 0.5) is 0 Å². The number of aliphatic hydroxyl groups excluding tert-OH is 1. The zero-order valence-electron chi connectivity index (χ0n) is 37.6. The van der Waals surface area contributed by atoms with Crippen LogP contribution >= 0.6 is 0 Å². The van der Waals surface area contributed by atoms with Gasteiger partial charge in [-0.2, -0.15) is 0 Å². The molecular weight excluding hydrogens is 733 g/mol. The van der Waals surface area contributed by atoms with Crippen LogP contribution in [0.3, 0.4) is 0 Å². The van der Waals surface area contributed by atoms with Crippen molar-refractivity contribution in [3.8, 4) is 11.5 Å². The normalized spacial score (nSPS) is 23.9. The number of carbonyl (C=O) groups is 2. The number of fused-ring (bicyclic) bond motifs is 1. The lowest BCUT2D eigenvalue weighted by atomic mass is 9.73. The largest absolute Gasteiger partial charge is 0.543 e. The third-order valence-electron chi connectivity index (χ3n) is 13.7. The third-order valence-corrected chi connectivity index (χ3v) is 26.9. The molecule has 1 aromatic rings. The molecule has 1 fully saturated rings. The lowest BCUT2D eigenvalue weighted by Crippen LogP contribution is -2.56. The van der Waals surface area contributed by atoms with Crippen LogP contribution in [0.1, 0.15) is 124 Å². The van der Waals surface area contributed by atoms with Gasteiger partial charge in [-0.3, -0.25) is 4.79 Å². The maximum atomic E-state index is 14.4. The molecule has 0 spiro atoms. The van der Waals surface area contributed by atoms with Crippen LogP contribution in [0, 0.1) is 18.3 Å². The zero-order chi connectivity index (χ0) is 41.8. The van der Waals surface area contributed by atoms with Gasteiger partial charge >= 0.3 is 11.9 Å². The standard InChI is InChI=1S/C42H76O9Si3/c1-26-30-22-31(48-38(45)37(30)34(51-54(19,20)41(10,11)12)23-32(26)49-52(15,16)39(4,5)6)27(2)33(50-53(17,18)40(7,8)9)24-36-42(13,14)35(46-28(3)44)21-29(25-43)47-36/h23,27,29,31,33,35-36,43H,21-22,24-25H2,1-20H3/t27-,29-,31+,33-,35+,36+/m0/s1. The summed E-state index contributed by atoms with van der Waals surface area (Å²) in [4.78, 5) is 26.6. The van der Waals surface area contributed by atoms with Crippen LogP contribution in [0.25, 0.3) is 0 Å². The van der Waals surface area contributed by atoms with Gasteiger partial charge in [-0.05, 0) is 78.9 Å². The first kappa shape index (κ1) is 46.7. The number of ether oxygens (including phenoxy) is 3. The van der Waals surface area contributed by atoms with E-state index in [2.05, 4.69) is 129 Å². The number of cyclic esters (lactones) is 1. The Morgan fingerprint density at radius 3 is 1.87 bits per heavy atom. The number of hydrogen-bond donors (Lipinski definition) is 1. The van der Waals surface area contributed by atoms with Gasteiger partial charge in [-0.1, -0.05) is 83.1 Å². The molecule has 0 aromatic heterocycles. The molecule has 2 aliphatic heterocycles. The molecule has 310 valence electrons. The molecular formula is C42H76O9Si3. The minimum Gasteiger partial charge on any atom is -0.543 e. The van der Waals surface area contributed by atoms with E-state index >= 15 is 0 Å². The van der Waals surface area contributed by atoms with E-state index in [9.17, 15) is 14.7 Å². The van der Waals surface area contributed by atoms with Gasteiger partial charge in [0.25, 0.3) is 8.32 Å². The van der Waals surface area contributed by atoms with Gasteiger partial charge in [0, 0.05) is 37.2 Å². The van der Waals surface area contributed by atoms with Gasteiger partial charge in [0.05, 0.1) is 24.9 Å². The molecule has 2 aliphatic rings. The first-order valence-corrected chi connectivity index (χ1v) is 28.8. The maximum absolute atomic E-state index is 14.4. The van der Waals surface area contributed by atoms with Crippen LogP contribution in [0.5, 0.6) is 11.5 Å². The molecule has 12 heteroatoms. The fraction of sp³-hybridized carbons (Fsp3) is 0.810. The first-order valence-electron chi connectivity index (χ1n) is 20.0. The van der Waals surface area contributed by atoms with Crippen molar-refractivity contribution in [3.63, 3.8) is 0 Å². The van der Waals surface area contributed by atoms with Crippen molar-refractivity contribution in [2.24, 2.45) is 11.3 Å². The predicted octanol–water partition coefficient (Wildman–Crippen LogP) is 10.4. The summed E-state index contributed by atoms with van der Waals surface area (Å²) in [5.41, 5.74) is 1.78. The van der Waals surface area contributed by atoms with Crippen molar-refractivity contribution < 1.29 is 42.2 Å². The average molecular weight is 809 g/mol. The van der Waals surface area contributed by atoms with E-state index in [1.54, 1.807) is 0 Å². The van der Waals surface area contributed by atoms with E-state index in [-0.39, 0.29) is 45.7 Å². The summed E-state index contributed by atoms with van der Waals surface area (Å²) >= 11 is 0. The van der Waals surface area contributed by atoms with Gasteiger partial charge in [0.1, 0.15) is 29.3 Å². The number of carbonyl (C=O) groups excluding carboxylic acids is 2. The molecule has 1 saturated heterocycles. The lowest BCUT2D eigenvalue weighted by molar-refractivity contribution is -0.208. The first-order chi connectivity index (χ1) is 24.2. The Balaban J connectivity index is 2.17. The summed E-state index contributed by atoms with van der Waals surface area (Å²) in [6, 6.07) is 1.95. The van der Waals surface area contributed by atoms with Gasteiger partial charge in [-0.25, -0.2) is 4.79 Å². The van der Waals surface area contributed by atoms with E-state index in [4.69, 9.17) is 27.5 Å². The molecule has 0 aliphatic carbocycles. The highest BCUT2D eigenvalue weighted by Gasteiger charge is 2.51. The van der Waals surface area contributed by atoms with Crippen LogP contribution in [0.15, 0.2) is 6.07 Å². The number of rotatable bonds is 12. The fourth-order valence-electron chi connectivity index (χ4n) is 6.50.